The highest BCUT2D eigenvalue weighted by Crippen LogP contribution is 2.28. The van der Waals surface area contributed by atoms with Crippen molar-refractivity contribution < 1.29 is 18.1 Å². The molecule has 0 aliphatic rings. The van der Waals surface area contributed by atoms with E-state index in [1.807, 2.05) is 0 Å². The summed E-state index contributed by atoms with van der Waals surface area (Å²) in [6.45, 7) is 2.86. The molecular weight excluding hydrogens is 308 g/mol. The van der Waals surface area contributed by atoms with Gasteiger partial charge in [0.2, 0.25) is 15.3 Å². The summed E-state index contributed by atoms with van der Waals surface area (Å²) in [5.74, 6) is 0. The van der Waals surface area contributed by atoms with Crippen LogP contribution in [0.1, 0.15) is 12.5 Å². The highest BCUT2D eigenvalue weighted by atomic mass is 35.5. The lowest BCUT2D eigenvalue weighted by Crippen LogP contribution is -2.41. The molecule has 0 N–H and O–H groups in total. The van der Waals surface area contributed by atoms with Gasteiger partial charge in [0.1, 0.15) is 6.04 Å². The van der Waals surface area contributed by atoms with Crippen LogP contribution in [0.2, 0.25) is 0 Å². The van der Waals surface area contributed by atoms with E-state index < -0.39 is 26.2 Å². The van der Waals surface area contributed by atoms with E-state index in [0.29, 0.717) is 5.56 Å². The monoisotopic (exact) mass is 320 g/mol. The molecule has 7 nitrogen and oxygen atoms in total. The van der Waals surface area contributed by atoms with Gasteiger partial charge in [-0.1, -0.05) is 0 Å². The molecule has 9 heteroatoms. The van der Waals surface area contributed by atoms with Crippen LogP contribution in [0.25, 0.3) is 0 Å². The van der Waals surface area contributed by atoms with E-state index >= 15 is 0 Å². The Labute approximate surface area is 121 Å². The normalized spacial score (nSPS) is 12.8. The Morgan fingerprint density at radius 3 is 2.35 bits per heavy atom. The Morgan fingerprint density at radius 1 is 1.45 bits per heavy atom. The number of hydrogen-bond donors (Lipinski definition) is 0. The third-order valence-electron chi connectivity index (χ3n) is 2.67. The van der Waals surface area contributed by atoms with Gasteiger partial charge in [-0.15, -0.1) is 0 Å². The van der Waals surface area contributed by atoms with Gasteiger partial charge in [-0.05, 0) is 37.1 Å². The number of non-ortho nitro benzene ring substituents is 1. The van der Waals surface area contributed by atoms with Gasteiger partial charge in [0.05, 0.1) is 16.9 Å². The van der Waals surface area contributed by atoms with Crippen molar-refractivity contribution in [1.29, 1.82) is 0 Å². The molecule has 0 radical (unpaired) electrons. The second-order valence-electron chi connectivity index (χ2n) is 4.27. The number of halogens is 1. The molecule has 1 aromatic carbocycles. The van der Waals surface area contributed by atoms with Crippen LogP contribution in [0.15, 0.2) is 18.2 Å². The SMILES string of the molecule is Cc1cc([N+](=O)[O-])ccc1N(C(C)C(=O)Cl)S(C)(=O)=O. The molecule has 0 saturated heterocycles. The van der Waals surface area contributed by atoms with Gasteiger partial charge >= 0.3 is 0 Å². The van der Waals surface area contributed by atoms with Crippen LogP contribution in [0, 0.1) is 17.0 Å². The van der Waals surface area contributed by atoms with Crippen LogP contribution in [-0.4, -0.2) is 30.9 Å². The third kappa shape index (κ3) is 3.45. The number of benzene rings is 1. The van der Waals surface area contributed by atoms with Crippen molar-refractivity contribution >= 4 is 38.2 Å². The van der Waals surface area contributed by atoms with Crippen LogP contribution in [0.4, 0.5) is 11.4 Å². The smallest absolute Gasteiger partial charge is 0.269 e. The summed E-state index contributed by atoms with van der Waals surface area (Å²) in [6.07, 6.45) is 0.935. The van der Waals surface area contributed by atoms with Crippen molar-refractivity contribution in [2.75, 3.05) is 10.6 Å². The average molecular weight is 321 g/mol. The molecule has 1 unspecified atom stereocenters. The summed E-state index contributed by atoms with van der Waals surface area (Å²) in [5, 5.41) is 9.83. The van der Waals surface area contributed by atoms with E-state index in [4.69, 9.17) is 11.6 Å². The molecule has 1 rings (SSSR count). The number of anilines is 1. The zero-order chi connectivity index (χ0) is 15.7. The van der Waals surface area contributed by atoms with Crippen molar-refractivity contribution in [3.63, 3.8) is 0 Å². The predicted molar refractivity (Wildman–Crippen MR) is 75.5 cm³/mol. The highest BCUT2D eigenvalue weighted by Gasteiger charge is 2.29. The van der Waals surface area contributed by atoms with E-state index in [-0.39, 0.29) is 11.4 Å². The summed E-state index contributed by atoms with van der Waals surface area (Å²) in [4.78, 5) is 21.3. The number of carbonyl (C=O) groups excluding carboxylic acids is 1. The maximum Gasteiger partial charge on any atom is 0.269 e. The molecule has 0 aromatic heterocycles. The second-order valence-corrected chi connectivity index (χ2v) is 6.50. The first kappa shape index (κ1) is 16.4. The van der Waals surface area contributed by atoms with Crippen LogP contribution in [-0.2, 0) is 14.8 Å². The van der Waals surface area contributed by atoms with Crippen molar-refractivity contribution in [2.24, 2.45) is 0 Å². The molecule has 1 atom stereocenters. The first-order chi connectivity index (χ1) is 9.05. The largest absolute Gasteiger partial charge is 0.279 e. The molecule has 110 valence electrons. The summed E-state index contributed by atoms with van der Waals surface area (Å²) >= 11 is 5.36. The van der Waals surface area contributed by atoms with E-state index in [9.17, 15) is 23.3 Å². The average Bonchev–Trinajstić information content (AvgIpc) is 2.29. The third-order valence-corrected chi connectivity index (χ3v) is 4.21. The molecule has 1 aromatic rings. The number of aryl methyl sites for hydroxylation is 1. The summed E-state index contributed by atoms with van der Waals surface area (Å²) < 4.78 is 24.5. The molecule has 20 heavy (non-hydrogen) atoms. The fourth-order valence-corrected chi connectivity index (χ4v) is 3.15. The van der Waals surface area contributed by atoms with Crippen LogP contribution in [0.5, 0.6) is 0 Å². The Balaban J connectivity index is 3.44. The Kier molecular flexibility index (Phi) is 4.72. The lowest BCUT2D eigenvalue weighted by atomic mass is 10.1. The van der Waals surface area contributed by atoms with Gasteiger partial charge in [-0.3, -0.25) is 19.2 Å². The molecule has 0 fully saturated rings. The Hall–Kier alpha value is -1.67. The number of hydrogen-bond acceptors (Lipinski definition) is 5. The number of rotatable bonds is 5. The lowest BCUT2D eigenvalue weighted by molar-refractivity contribution is -0.384. The fraction of sp³-hybridized carbons (Fsp3) is 0.364. The van der Waals surface area contributed by atoms with Crippen LogP contribution >= 0.6 is 11.6 Å². The maximum atomic E-state index is 11.8. The first-order valence-electron chi connectivity index (χ1n) is 5.49. The van der Waals surface area contributed by atoms with Crippen molar-refractivity contribution in [2.45, 2.75) is 19.9 Å². The number of nitro benzene ring substituents is 1. The molecule has 0 heterocycles. The lowest BCUT2D eigenvalue weighted by Gasteiger charge is -2.27. The van der Waals surface area contributed by atoms with E-state index in [2.05, 4.69) is 0 Å². The molecular formula is C11H13ClN2O5S. The first-order valence-corrected chi connectivity index (χ1v) is 7.72. The highest BCUT2D eigenvalue weighted by molar-refractivity contribution is 7.92. The van der Waals surface area contributed by atoms with Crippen molar-refractivity contribution in [3.05, 3.63) is 33.9 Å². The van der Waals surface area contributed by atoms with Gasteiger partial charge in [0, 0.05) is 12.1 Å². The Morgan fingerprint density at radius 2 is 2.00 bits per heavy atom. The topological polar surface area (TPSA) is 97.6 Å². The number of sulfonamides is 1. The zero-order valence-corrected chi connectivity index (χ0v) is 12.6. The minimum Gasteiger partial charge on any atom is -0.279 e. The Bertz CT molecular complexity index is 659. The van der Waals surface area contributed by atoms with E-state index in [0.717, 1.165) is 10.6 Å². The van der Waals surface area contributed by atoms with Crippen LogP contribution in [0.3, 0.4) is 0 Å². The molecule has 0 spiro atoms. The quantitative estimate of drug-likeness (QED) is 0.468. The zero-order valence-electron chi connectivity index (χ0n) is 11.0. The maximum absolute atomic E-state index is 11.8. The minimum absolute atomic E-state index is 0.162. The number of nitro groups is 1. The van der Waals surface area contributed by atoms with Gasteiger partial charge in [-0.2, -0.15) is 0 Å². The molecule has 0 aliphatic carbocycles. The second kappa shape index (κ2) is 5.76. The molecule has 0 bridgehead atoms. The predicted octanol–water partition coefficient (Wildman–Crippen LogP) is 1.82. The van der Waals surface area contributed by atoms with Gasteiger partial charge in [0.25, 0.3) is 5.69 Å². The van der Waals surface area contributed by atoms with Crippen molar-refractivity contribution in [1.82, 2.24) is 0 Å². The van der Waals surface area contributed by atoms with Gasteiger partial charge in [-0.25, -0.2) is 8.42 Å². The number of nitrogens with zero attached hydrogens (tertiary/aromatic N) is 2. The summed E-state index contributed by atoms with van der Waals surface area (Å²) in [5.41, 5.74) is 0.374. The molecule has 0 amide bonds. The molecule has 0 aliphatic heterocycles. The van der Waals surface area contributed by atoms with E-state index in [1.165, 1.54) is 32.0 Å². The van der Waals surface area contributed by atoms with E-state index in [1.54, 1.807) is 0 Å². The van der Waals surface area contributed by atoms with Crippen LogP contribution < -0.4 is 4.31 Å². The van der Waals surface area contributed by atoms with Gasteiger partial charge < -0.3 is 0 Å². The van der Waals surface area contributed by atoms with Crippen molar-refractivity contribution in [3.8, 4) is 0 Å². The summed E-state index contributed by atoms with van der Waals surface area (Å²) in [6, 6.07) is 2.59. The number of carbonyl (C=O) groups is 1. The fourth-order valence-electron chi connectivity index (χ4n) is 1.77. The van der Waals surface area contributed by atoms with Gasteiger partial charge in [0.15, 0.2) is 0 Å². The minimum atomic E-state index is -3.76. The standard InChI is InChI=1S/C11H13ClN2O5S/c1-7-6-9(14(16)17)4-5-10(7)13(20(3,18)19)8(2)11(12)15/h4-6,8H,1-3H3. The molecule has 0 saturated carbocycles. The summed E-state index contributed by atoms with van der Waals surface area (Å²) in [7, 11) is -3.76.